The molecule has 33 heavy (non-hydrogen) atoms. The van der Waals surface area contributed by atoms with Crippen LogP contribution in [0.25, 0.3) is 5.57 Å². The van der Waals surface area contributed by atoms with Gasteiger partial charge in [-0.25, -0.2) is 4.79 Å². The Morgan fingerprint density at radius 2 is 1.39 bits per heavy atom. The van der Waals surface area contributed by atoms with Gasteiger partial charge in [0.05, 0.1) is 12.2 Å². The smallest absolute Gasteiger partial charge is 0.462 e. The summed E-state index contributed by atoms with van der Waals surface area (Å²) in [5, 5.41) is 3.21. The van der Waals surface area contributed by atoms with Crippen LogP contribution >= 0.6 is 0 Å². The highest BCUT2D eigenvalue weighted by molar-refractivity contribution is 6.17. The Morgan fingerprint density at radius 1 is 0.848 bits per heavy atom. The number of rotatable bonds is 8. The first-order valence-corrected chi connectivity index (χ1v) is 10.1. The Kier molecular flexibility index (Phi) is 7.61. The minimum Gasteiger partial charge on any atom is -0.462 e. The SMILES string of the molecule is CCOC(=O)/C(=C(/C)Nc1ccccc1)c1ccc(Oc2ccc(OC(F)(F)F)cc2)cc1. The van der Waals surface area contributed by atoms with Gasteiger partial charge in [-0.15, -0.1) is 13.2 Å². The number of ether oxygens (including phenoxy) is 3. The fourth-order valence-electron chi connectivity index (χ4n) is 3.03. The quantitative estimate of drug-likeness (QED) is 0.298. The maximum Gasteiger partial charge on any atom is 0.573 e. The molecular formula is C25H22F3NO4. The maximum atomic E-state index is 12.6. The third-order valence-corrected chi connectivity index (χ3v) is 4.40. The lowest BCUT2D eigenvalue weighted by Crippen LogP contribution is -2.16. The number of esters is 1. The highest BCUT2D eigenvalue weighted by Crippen LogP contribution is 2.29. The van der Waals surface area contributed by atoms with Gasteiger partial charge >= 0.3 is 12.3 Å². The number of nitrogens with one attached hydrogen (secondary N) is 1. The number of alkyl halides is 3. The predicted molar refractivity (Wildman–Crippen MR) is 119 cm³/mol. The molecule has 0 spiro atoms. The third kappa shape index (κ3) is 7.03. The van der Waals surface area contributed by atoms with Crippen LogP contribution in [0.5, 0.6) is 17.2 Å². The first-order chi connectivity index (χ1) is 15.7. The summed E-state index contributed by atoms with van der Waals surface area (Å²) in [6.07, 6.45) is -4.75. The second-order valence-corrected chi connectivity index (χ2v) is 6.86. The lowest BCUT2D eigenvalue weighted by Gasteiger charge is -2.14. The van der Waals surface area contributed by atoms with Crippen molar-refractivity contribution in [2.24, 2.45) is 0 Å². The molecule has 172 valence electrons. The zero-order chi connectivity index (χ0) is 23.8. The molecule has 3 aromatic rings. The normalized spacial score (nSPS) is 11.9. The standard InChI is InChI=1S/C25H22F3NO4/c1-3-31-24(30)23(17(2)29-19-7-5-4-6-8-19)18-9-11-20(12-10-18)32-21-13-15-22(16-14-21)33-25(26,27)28/h4-16,29H,3H2,1-2H3/b23-17-. The Bertz CT molecular complexity index is 1090. The van der Waals surface area contributed by atoms with Crippen LogP contribution < -0.4 is 14.8 Å². The molecule has 0 bridgehead atoms. The Morgan fingerprint density at radius 3 is 1.94 bits per heavy atom. The van der Waals surface area contributed by atoms with E-state index in [1.54, 1.807) is 38.1 Å². The Balaban J connectivity index is 1.78. The average Bonchev–Trinajstić information content (AvgIpc) is 2.76. The Labute approximate surface area is 189 Å². The van der Waals surface area contributed by atoms with Crippen LogP contribution in [0.2, 0.25) is 0 Å². The summed E-state index contributed by atoms with van der Waals surface area (Å²) in [5.41, 5.74) is 2.44. The van der Waals surface area contributed by atoms with Gasteiger partial charge in [-0.3, -0.25) is 0 Å². The van der Waals surface area contributed by atoms with E-state index in [4.69, 9.17) is 9.47 Å². The van der Waals surface area contributed by atoms with Crippen molar-refractivity contribution in [2.75, 3.05) is 11.9 Å². The minimum absolute atomic E-state index is 0.232. The molecular weight excluding hydrogens is 435 g/mol. The zero-order valence-corrected chi connectivity index (χ0v) is 18.0. The number of hydrogen-bond acceptors (Lipinski definition) is 5. The fraction of sp³-hybridized carbons (Fsp3) is 0.160. The van der Waals surface area contributed by atoms with Crippen molar-refractivity contribution < 1.29 is 32.2 Å². The monoisotopic (exact) mass is 457 g/mol. The van der Waals surface area contributed by atoms with Crippen molar-refractivity contribution >= 4 is 17.2 Å². The number of carbonyl (C=O) groups excluding carboxylic acids is 1. The number of halogens is 3. The molecule has 0 atom stereocenters. The van der Waals surface area contributed by atoms with Gasteiger partial charge in [0.1, 0.15) is 17.2 Å². The van der Waals surface area contributed by atoms with Crippen LogP contribution in [-0.2, 0) is 9.53 Å². The molecule has 3 aromatic carbocycles. The van der Waals surface area contributed by atoms with Crippen LogP contribution in [0.1, 0.15) is 19.4 Å². The second-order valence-electron chi connectivity index (χ2n) is 6.86. The summed E-state index contributed by atoms with van der Waals surface area (Å²) in [4.78, 5) is 12.6. The first-order valence-electron chi connectivity index (χ1n) is 10.1. The number of carbonyl (C=O) groups is 1. The van der Waals surface area contributed by atoms with Crippen LogP contribution in [0.4, 0.5) is 18.9 Å². The molecule has 0 saturated heterocycles. The Hall–Kier alpha value is -3.94. The highest BCUT2D eigenvalue weighted by atomic mass is 19.4. The van der Waals surface area contributed by atoms with Crippen molar-refractivity contribution in [2.45, 2.75) is 20.2 Å². The van der Waals surface area contributed by atoms with E-state index in [0.29, 0.717) is 28.3 Å². The summed E-state index contributed by atoms with van der Waals surface area (Å²) < 4.78 is 51.6. The molecule has 0 aromatic heterocycles. The van der Waals surface area contributed by atoms with E-state index in [-0.39, 0.29) is 12.4 Å². The van der Waals surface area contributed by atoms with E-state index in [0.717, 1.165) is 17.8 Å². The van der Waals surface area contributed by atoms with E-state index in [1.165, 1.54) is 12.1 Å². The highest BCUT2D eigenvalue weighted by Gasteiger charge is 2.31. The van der Waals surface area contributed by atoms with Gasteiger partial charge in [0.15, 0.2) is 0 Å². The molecule has 0 fully saturated rings. The summed E-state index contributed by atoms with van der Waals surface area (Å²) in [6.45, 7) is 3.75. The molecule has 0 unspecified atom stereocenters. The summed E-state index contributed by atoms with van der Waals surface area (Å²) >= 11 is 0. The molecule has 1 N–H and O–H groups in total. The summed E-state index contributed by atoms with van der Waals surface area (Å²) in [7, 11) is 0. The van der Waals surface area contributed by atoms with Crippen molar-refractivity contribution in [3.63, 3.8) is 0 Å². The van der Waals surface area contributed by atoms with E-state index in [1.807, 2.05) is 30.3 Å². The molecule has 0 aliphatic heterocycles. The van der Waals surface area contributed by atoms with Crippen LogP contribution in [0, 0.1) is 0 Å². The molecule has 0 radical (unpaired) electrons. The molecule has 0 heterocycles. The van der Waals surface area contributed by atoms with E-state index >= 15 is 0 Å². The molecule has 0 saturated carbocycles. The second kappa shape index (κ2) is 10.6. The van der Waals surface area contributed by atoms with Crippen molar-refractivity contribution in [3.05, 3.63) is 90.1 Å². The number of hydrogen-bond donors (Lipinski definition) is 1. The number of anilines is 1. The first kappa shape index (κ1) is 23.7. The molecule has 0 aliphatic carbocycles. The fourth-order valence-corrected chi connectivity index (χ4v) is 3.03. The van der Waals surface area contributed by atoms with E-state index in [2.05, 4.69) is 10.1 Å². The van der Waals surface area contributed by atoms with Crippen molar-refractivity contribution in [1.29, 1.82) is 0 Å². The third-order valence-electron chi connectivity index (χ3n) is 4.40. The lowest BCUT2D eigenvalue weighted by atomic mass is 10.0. The average molecular weight is 457 g/mol. The van der Waals surface area contributed by atoms with Gasteiger partial charge in [0, 0.05) is 11.4 Å². The number of para-hydroxylation sites is 1. The number of benzene rings is 3. The summed E-state index contributed by atoms with van der Waals surface area (Å²) in [5.74, 6) is -0.0244. The molecule has 0 amide bonds. The van der Waals surface area contributed by atoms with Crippen LogP contribution in [0.3, 0.4) is 0 Å². The molecule has 0 aliphatic rings. The number of allylic oxidation sites excluding steroid dienone is 1. The predicted octanol–water partition coefficient (Wildman–Crippen LogP) is 6.78. The minimum atomic E-state index is -4.75. The molecule has 8 heteroatoms. The lowest BCUT2D eigenvalue weighted by molar-refractivity contribution is -0.274. The maximum absolute atomic E-state index is 12.6. The molecule has 5 nitrogen and oxygen atoms in total. The van der Waals surface area contributed by atoms with Gasteiger partial charge in [-0.1, -0.05) is 30.3 Å². The van der Waals surface area contributed by atoms with Gasteiger partial charge in [0.25, 0.3) is 0 Å². The van der Waals surface area contributed by atoms with E-state index in [9.17, 15) is 18.0 Å². The van der Waals surface area contributed by atoms with Gasteiger partial charge < -0.3 is 19.5 Å². The summed E-state index contributed by atoms with van der Waals surface area (Å²) in [6, 6.07) is 21.2. The van der Waals surface area contributed by atoms with Crippen LogP contribution in [-0.4, -0.2) is 18.9 Å². The topological polar surface area (TPSA) is 56.8 Å². The van der Waals surface area contributed by atoms with Gasteiger partial charge in [0.2, 0.25) is 0 Å². The van der Waals surface area contributed by atoms with Crippen LogP contribution in [0.15, 0.2) is 84.6 Å². The van der Waals surface area contributed by atoms with Crippen molar-refractivity contribution in [3.8, 4) is 17.2 Å². The van der Waals surface area contributed by atoms with Gasteiger partial charge in [-0.2, -0.15) is 0 Å². The largest absolute Gasteiger partial charge is 0.573 e. The van der Waals surface area contributed by atoms with E-state index < -0.39 is 12.3 Å². The molecule has 3 rings (SSSR count). The zero-order valence-electron chi connectivity index (χ0n) is 18.0. The van der Waals surface area contributed by atoms with Gasteiger partial charge in [-0.05, 0) is 67.9 Å². The van der Waals surface area contributed by atoms with Crippen molar-refractivity contribution in [1.82, 2.24) is 0 Å².